The summed E-state index contributed by atoms with van der Waals surface area (Å²) >= 11 is 1.57. The van der Waals surface area contributed by atoms with E-state index in [9.17, 15) is 4.79 Å². The number of anilines is 1. The van der Waals surface area contributed by atoms with Crippen LogP contribution >= 0.6 is 11.3 Å². The molecule has 0 fully saturated rings. The lowest BCUT2D eigenvalue weighted by atomic mass is 10.1. The minimum absolute atomic E-state index is 0.699. The predicted molar refractivity (Wildman–Crippen MR) is 46.1 cm³/mol. The smallest absolute Gasteiger partial charge is 0.153 e. The molecule has 0 aromatic carbocycles. The molecular weight excluding hydrogens is 158 g/mol. The van der Waals surface area contributed by atoms with E-state index >= 15 is 0 Å². The highest BCUT2D eigenvalue weighted by atomic mass is 32.1. The number of aldehydes is 1. The van der Waals surface area contributed by atoms with Gasteiger partial charge in [-0.1, -0.05) is 0 Å². The summed E-state index contributed by atoms with van der Waals surface area (Å²) in [5.41, 5.74) is 7.61. The van der Waals surface area contributed by atoms with E-state index in [-0.39, 0.29) is 0 Å². The van der Waals surface area contributed by atoms with Crippen molar-refractivity contribution in [2.45, 2.75) is 19.3 Å². The van der Waals surface area contributed by atoms with Gasteiger partial charge in [0.05, 0.1) is 10.6 Å². The number of thiophene rings is 1. The summed E-state index contributed by atoms with van der Waals surface area (Å²) in [7, 11) is 0. The van der Waals surface area contributed by atoms with Gasteiger partial charge in [-0.2, -0.15) is 0 Å². The number of hydrogen-bond donors (Lipinski definition) is 1. The largest absolute Gasteiger partial charge is 0.390 e. The fourth-order valence-corrected chi connectivity index (χ4v) is 2.71. The number of rotatable bonds is 1. The number of nitrogens with two attached hydrogens (primary N) is 1. The Morgan fingerprint density at radius 2 is 2.27 bits per heavy atom. The molecule has 1 aromatic rings. The molecule has 2 nitrogen and oxygen atoms in total. The summed E-state index contributed by atoms with van der Waals surface area (Å²) < 4.78 is 0. The van der Waals surface area contributed by atoms with Crippen LogP contribution in [0.5, 0.6) is 0 Å². The second kappa shape index (κ2) is 2.34. The topological polar surface area (TPSA) is 43.1 Å². The first-order valence-electron chi connectivity index (χ1n) is 3.68. The first-order chi connectivity index (χ1) is 5.33. The Labute approximate surface area is 69.0 Å². The van der Waals surface area contributed by atoms with Crippen LogP contribution in [0, 0.1) is 0 Å². The molecule has 0 amide bonds. The SMILES string of the molecule is Nc1sc2c(c1C=O)CCC2. The summed E-state index contributed by atoms with van der Waals surface area (Å²) in [6.45, 7) is 0. The molecule has 2 N–H and O–H groups in total. The zero-order valence-electron chi connectivity index (χ0n) is 6.09. The Balaban J connectivity index is 2.60. The van der Waals surface area contributed by atoms with Crippen LogP contribution in [-0.2, 0) is 12.8 Å². The van der Waals surface area contributed by atoms with E-state index in [0.717, 1.165) is 24.7 Å². The molecule has 0 saturated heterocycles. The second-order valence-corrected chi connectivity index (χ2v) is 3.89. The number of nitrogen functional groups attached to an aromatic ring is 1. The van der Waals surface area contributed by atoms with Gasteiger partial charge >= 0.3 is 0 Å². The molecule has 0 atom stereocenters. The van der Waals surface area contributed by atoms with Gasteiger partial charge in [0.2, 0.25) is 0 Å². The van der Waals surface area contributed by atoms with E-state index in [0.29, 0.717) is 5.00 Å². The van der Waals surface area contributed by atoms with Crippen LogP contribution < -0.4 is 5.73 Å². The minimum Gasteiger partial charge on any atom is -0.390 e. The lowest BCUT2D eigenvalue weighted by Crippen LogP contribution is -1.89. The number of carbonyl (C=O) groups is 1. The summed E-state index contributed by atoms with van der Waals surface area (Å²) in [5, 5.41) is 0.699. The first kappa shape index (κ1) is 6.85. The maximum Gasteiger partial charge on any atom is 0.153 e. The summed E-state index contributed by atoms with van der Waals surface area (Å²) in [6.07, 6.45) is 4.22. The van der Waals surface area contributed by atoms with Gasteiger partial charge in [-0.3, -0.25) is 4.79 Å². The third-order valence-electron chi connectivity index (χ3n) is 2.11. The van der Waals surface area contributed by atoms with E-state index in [1.807, 2.05) is 0 Å². The van der Waals surface area contributed by atoms with E-state index in [2.05, 4.69) is 0 Å². The molecule has 0 unspecified atom stereocenters. The van der Waals surface area contributed by atoms with Crippen LogP contribution in [0.3, 0.4) is 0 Å². The average Bonchev–Trinajstić information content (AvgIpc) is 2.46. The zero-order chi connectivity index (χ0) is 7.84. The molecule has 58 valence electrons. The Kier molecular flexibility index (Phi) is 1.46. The van der Waals surface area contributed by atoms with Crippen molar-refractivity contribution in [2.24, 2.45) is 0 Å². The number of aryl methyl sites for hydroxylation is 1. The maximum absolute atomic E-state index is 10.6. The predicted octanol–water partition coefficient (Wildman–Crippen LogP) is 1.63. The standard InChI is InChI=1S/C8H9NOS/c9-8-6(4-10)5-2-1-3-7(5)11-8/h4H,1-3,9H2. The highest BCUT2D eigenvalue weighted by molar-refractivity contribution is 7.16. The third kappa shape index (κ3) is 0.878. The van der Waals surface area contributed by atoms with E-state index in [4.69, 9.17) is 5.73 Å². The van der Waals surface area contributed by atoms with Crippen molar-refractivity contribution in [2.75, 3.05) is 5.73 Å². The normalized spacial score (nSPS) is 14.9. The van der Waals surface area contributed by atoms with Crippen molar-refractivity contribution >= 4 is 22.6 Å². The number of carbonyl (C=O) groups excluding carboxylic acids is 1. The Bertz CT molecular complexity index is 303. The van der Waals surface area contributed by atoms with Crippen LogP contribution in [0.25, 0.3) is 0 Å². The number of fused-ring (bicyclic) bond motifs is 1. The molecule has 0 saturated carbocycles. The van der Waals surface area contributed by atoms with Gasteiger partial charge in [0, 0.05) is 4.88 Å². The van der Waals surface area contributed by atoms with Crippen LogP contribution in [0.15, 0.2) is 0 Å². The molecule has 0 bridgehead atoms. The van der Waals surface area contributed by atoms with Crippen LogP contribution in [0.2, 0.25) is 0 Å². The molecule has 0 aliphatic heterocycles. The van der Waals surface area contributed by atoms with Gasteiger partial charge in [0.1, 0.15) is 0 Å². The average molecular weight is 167 g/mol. The first-order valence-corrected chi connectivity index (χ1v) is 4.49. The highest BCUT2D eigenvalue weighted by Crippen LogP contribution is 2.35. The minimum atomic E-state index is 0.699. The molecular formula is C8H9NOS. The van der Waals surface area contributed by atoms with Crippen molar-refractivity contribution in [3.63, 3.8) is 0 Å². The van der Waals surface area contributed by atoms with Crippen molar-refractivity contribution in [1.29, 1.82) is 0 Å². The summed E-state index contributed by atoms with van der Waals surface area (Å²) in [4.78, 5) is 11.9. The van der Waals surface area contributed by atoms with Gasteiger partial charge in [-0.25, -0.2) is 0 Å². The van der Waals surface area contributed by atoms with Crippen molar-refractivity contribution < 1.29 is 4.79 Å². The van der Waals surface area contributed by atoms with Gasteiger partial charge < -0.3 is 5.73 Å². The monoisotopic (exact) mass is 167 g/mol. The molecule has 3 heteroatoms. The highest BCUT2D eigenvalue weighted by Gasteiger charge is 2.19. The molecule has 1 aromatic heterocycles. The second-order valence-electron chi connectivity index (χ2n) is 2.75. The van der Waals surface area contributed by atoms with Gasteiger partial charge in [0.15, 0.2) is 6.29 Å². The molecule has 1 aliphatic rings. The maximum atomic E-state index is 10.6. The fourth-order valence-electron chi connectivity index (χ4n) is 1.58. The lowest BCUT2D eigenvalue weighted by Gasteiger charge is -1.90. The summed E-state index contributed by atoms with van der Waals surface area (Å²) in [6, 6.07) is 0. The van der Waals surface area contributed by atoms with Crippen LogP contribution in [0.1, 0.15) is 27.2 Å². The van der Waals surface area contributed by atoms with Crippen LogP contribution in [0.4, 0.5) is 5.00 Å². The Hall–Kier alpha value is -0.830. The molecule has 0 radical (unpaired) electrons. The Morgan fingerprint density at radius 3 is 3.00 bits per heavy atom. The molecule has 0 spiro atoms. The van der Waals surface area contributed by atoms with Crippen molar-refractivity contribution in [3.8, 4) is 0 Å². The van der Waals surface area contributed by atoms with Crippen molar-refractivity contribution in [3.05, 3.63) is 16.0 Å². The summed E-state index contributed by atoms with van der Waals surface area (Å²) in [5.74, 6) is 0. The lowest BCUT2D eigenvalue weighted by molar-refractivity contribution is 0.112. The van der Waals surface area contributed by atoms with E-state index in [1.165, 1.54) is 16.9 Å². The number of hydrogen-bond acceptors (Lipinski definition) is 3. The molecule has 1 heterocycles. The molecule has 2 rings (SSSR count). The third-order valence-corrected chi connectivity index (χ3v) is 3.25. The van der Waals surface area contributed by atoms with E-state index < -0.39 is 0 Å². The van der Waals surface area contributed by atoms with Crippen molar-refractivity contribution in [1.82, 2.24) is 0 Å². The zero-order valence-corrected chi connectivity index (χ0v) is 6.91. The van der Waals surface area contributed by atoms with Gasteiger partial charge in [-0.05, 0) is 24.8 Å². The quantitative estimate of drug-likeness (QED) is 0.646. The molecule has 11 heavy (non-hydrogen) atoms. The molecule has 1 aliphatic carbocycles. The van der Waals surface area contributed by atoms with Gasteiger partial charge in [0.25, 0.3) is 0 Å². The van der Waals surface area contributed by atoms with Crippen LogP contribution in [-0.4, -0.2) is 6.29 Å². The van der Waals surface area contributed by atoms with Gasteiger partial charge in [-0.15, -0.1) is 11.3 Å². The Morgan fingerprint density at radius 1 is 1.45 bits per heavy atom. The fraction of sp³-hybridized carbons (Fsp3) is 0.375. The van der Waals surface area contributed by atoms with E-state index in [1.54, 1.807) is 11.3 Å².